The van der Waals surface area contributed by atoms with E-state index < -0.39 is 6.10 Å². The molecule has 0 aliphatic carbocycles. The zero-order chi connectivity index (χ0) is 32.2. The highest BCUT2D eigenvalue weighted by molar-refractivity contribution is 5.70. The minimum atomic E-state index is -0.797. The number of carbonyl (C=O) groups excluding carboxylic acids is 2. The van der Waals surface area contributed by atoms with Gasteiger partial charge in [-0.15, -0.1) is 0 Å². The lowest BCUT2D eigenvalue weighted by atomic mass is 10.1. The number of hydrogen-bond acceptors (Lipinski definition) is 5. The lowest BCUT2D eigenvalue weighted by Crippen LogP contribution is -2.28. The minimum absolute atomic E-state index is 0.0971. The van der Waals surface area contributed by atoms with Gasteiger partial charge in [0.1, 0.15) is 6.61 Å². The highest BCUT2D eigenvalue weighted by Crippen LogP contribution is 2.10. The fourth-order valence-corrected chi connectivity index (χ4v) is 4.34. The lowest BCUT2D eigenvalue weighted by Gasteiger charge is -2.15. The smallest absolute Gasteiger partial charge is 0.306 e. The molecular formula is C39H64O5. The molecule has 250 valence electrons. The Morgan fingerprint density at radius 1 is 0.545 bits per heavy atom. The first-order valence-corrected chi connectivity index (χ1v) is 17.5. The summed E-state index contributed by atoms with van der Waals surface area (Å²) in [5.41, 5.74) is 0. The van der Waals surface area contributed by atoms with Gasteiger partial charge in [-0.2, -0.15) is 0 Å². The molecule has 0 spiro atoms. The van der Waals surface area contributed by atoms with Crippen molar-refractivity contribution in [2.45, 2.75) is 148 Å². The second-order valence-corrected chi connectivity index (χ2v) is 11.2. The number of rotatable bonds is 30. The van der Waals surface area contributed by atoms with Crippen LogP contribution in [0.15, 0.2) is 72.9 Å². The minimum Gasteiger partial charge on any atom is -0.462 e. The van der Waals surface area contributed by atoms with E-state index >= 15 is 0 Å². The Kier molecular flexibility index (Phi) is 32.7. The summed E-state index contributed by atoms with van der Waals surface area (Å²) in [5, 5.41) is 9.51. The maximum absolute atomic E-state index is 12.1. The maximum Gasteiger partial charge on any atom is 0.306 e. The molecule has 5 heteroatoms. The summed E-state index contributed by atoms with van der Waals surface area (Å²) in [6, 6.07) is 0. The third-order valence-electron chi connectivity index (χ3n) is 6.98. The highest BCUT2D eigenvalue weighted by Gasteiger charge is 2.16. The predicted octanol–water partition coefficient (Wildman–Crippen LogP) is 10.6. The van der Waals surface area contributed by atoms with Gasteiger partial charge >= 0.3 is 11.9 Å². The first-order chi connectivity index (χ1) is 21.6. The van der Waals surface area contributed by atoms with E-state index in [1.165, 1.54) is 32.1 Å². The highest BCUT2D eigenvalue weighted by atomic mass is 16.6. The van der Waals surface area contributed by atoms with E-state index in [1.807, 2.05) is 0 Å². The van der Waals surface area contributed by atoms with Crippen LogP contribution in [0.2, 0.25) is 0 Å². The van der Waals surface area contributed by atoms with Gasteiger partial charge in [-0.3, -0.25) is 9.59 Å². The number of hydrogen-bond donors (Lipinski definition) is 1. The molecule has 5 nitrogen and oxygen atoms in total. The van der Waals surface area contributed by atoms with E-state index in [-0.39, 0.29) is 25.2 Å². The van der Waals surface area contributed by atoms with Crippen molar-refractivity contribution in [3.63, 3.8) is 0 Å². The Labute approximate surface area is 270 Å². The molecule has 0 aromatic heterocycles. The van der Waals surface area contributed by atoms with Crippen molar-refractivity contribution < 1.29 is 24.2 Å². The van der Waals surface area contributed by atoms with Crippen LogP contribution in [0.4, 0.5) is 0 Å². The number of aliphatic hydroxyl groups excluding tert-OH is 1. The van der Waals surface area contributed by atoms with Gasteiger partial charge < -0.3 is 14.6 Å². The second-order valence-electron chi connectivity index (χ2n) is 11.2. The zero-order valence-corrected chi connectivity index (χ0v) is 28.1. The number of carbonyl (C=O) groups is 2. The molecule has 0 bridgehead atoms. The van der Waals surface area contributed by atoms with Crippen molar-refractivity contribution in [2.75, 3.05) is 13.2 Å². The standard InChI is InChI=1S/C39H64O5/c1-3-5-7-9-11-13-15-17-19-21-23-25-27-29-31-33-38(41)43-36-37(35-40)44-39(42)34-32-30-28-26-24-22-20-18-16-14-12-10-8-6-4-2/h5,7,11-14,17-20,23,25,37,40H,3-4,6,8-10,15-16,21-22,24,26-36H2,1-2H3. The van der Waals surface area contributed by atoms with Crippen LogP contribution in [-0.2, 0) is 19.1 Å². The van der Waals surface area contributed by atoms with Crippen molar-refractivity contribution in [1.29, 1.82) is 0 Å². The monoisotopic (exact) mass is 612 g/mol. The Hall–Kier alpha value is -2.66. The third-order valence-corrected chi connectivity index (χ3v) is 6.98. The van der Waals surface area contributed by atoms with Gasteiger partial charge in [0.15, 0.2) is 6.10 Å². The summed E-state index contributed by atoms with van der Waals surface area (Å²) in [6.45, 7) is 3.92. The number of esters is 2. The van der Waals surface area contributed by atoms with Crippen molar-refractivity contribution in [3.8, 4) is 0 Å². The fraction of sp³-hybridized carbons (Fsp3) is 0.641. The van der Waals surface area contributed by atoms with Crippen molar-refractivity contribution in [2.24, 2.45) is 0 Å². The van der Waals surface area contributed by atoms with Crippen LogP contribution in [0.5, 0.6) is 0 Å². The van der Waals surface area contributed by atoms with Gasteiger partial charge in [-0.05, 0) is 83.5 Å². The molecular weight excluding hydrogens is 548 g/mol. The average molecular weight is 613 g/mol. The van der Waals surface area contributed by atoms with E-state index in [9.17, 15) is 14.7 Å². The van der Waals surface area contributed by atoms with Crippen LogP contribution in [-0.4, -0.2) is 36.4 Å². The van der Waals surface area contributed by atoms with Gasteiger partial charge in [-0.1, -0.05) is 119 Å². The number of ether oxygens (including phenoxy) is 2. The Balaban J connectivity index is 3.71. The first kappa shape index (κ1) is 41.3. The van der Waals surface area contributed by atoms with E-state index in [1.54, 1.807) is 0 Å². The van der Waals surface area contributed by atoms with Crippen LogP contribution >= 0.6 is 0 Å². The van der Waals surface area contributed by atoms with Crippen molar-refractivity contribution >= 4 is 11.9 Å². The van der Waals surface area contributed by atoms with Crippen LogP contribution in [0.1, 0.15) is 142 Å². The van der Waals surface area contributed by atoms with Gasteiger partial charge in [0.2, 0.25) is 0 Å². The molecule has 0 saturated heterocycles. The van der Waals surface area contributed by atoms with E-state index in [0.29, 0.717) is 12.8 Å². The molecule has 1 unspecified atom stereocenters. The lowest BCUT2D eigenvalue weighted by molar-refractivity contribution is -0.161. The van der Waals surface area contributed by atoms with E-state index in [2.05, 4.69) is 86.8 Å². The van der Waals surface area contributed by atoms with Crippen molar-refractivity contribution in [1.82, 2.24) is 0 Å². The molecule has 0 fully saturated rings. The molecule has 0 aromatic carbocycles. The van der Waals surface area contributed by atoms with Gasteiger partial charge in [0, 0.05) is 12.8 Å². The first-order valence-electron chi connectivity index (χ1n) is 17.5. The summed E-state index contributed by atoms with van der Waals surface area (Å²) in [5.74, 6) is -0.665. The molecule has 44 heavy (non-hydrogen) atoms. The second kappa shape index (κ2) is 34.8. The fourth-order valence-electron chi connectivity index (χ4n) is 4.34. The topological polar surface area (TPSA) is 72.8 Å². The Morgan fingerprint density at radius 2 is 0.977 bits per heavy atom. The molecule has 0 amide bonds. The maximum atomic E-state index is 12.1. The largest absolute Gasteiger partial charge is 0.462 e. The van der Waals surface area contributed by atoms with Crippen LogP contribution in [0.3, 0.4) is 0 Å². The van der Waals surface area contributed by atoms with Crippen LogP contribution < -0.4 is 0 Å². The van der Waals surface area contributed by atoms with Crippen LogP contribution in [0.25, 0.3) is 0 Å². The van der Waals surface area contributed by atoms with E-state index in [4.69, 9.17) is 9.47 Å². The summed E-state index contributed by atoms with van der Waals surface area (Å²) in [7, 11) is 0. The van der Waals surface area contributed by atoms with Crippen molar-refractivity contribution in [3.05, 3.63) is 72.9 Å². The zero-order valence-electron chi connectivity index (χ0n) is 28.1. The molecule has 1 N–H and O–H groups in total. The average Bonchev–Trinajstić information content (AvgIpc) is 3.02. The molecule has 0 heterocycles. The molecule has 1 atom stereocenters. The van der Waals surface area contributed by atoms with Crippen LogP contribution in [0, 0.1) is 0 Å². The molecule has 0 aliphatic rings. The summed E-state index contributed by atoms with van der Waals surface area (Å²) in [4.78, 5) is 24.1. The van der Waals surface area contributed by atoms with Gasteiger partial charge in [-0.25, -0.2) is 0 Å². The molecule has 0 aliphatic heterocycles. The Morgan fingerprint density at radius 3 is 1.52 bits per heavy atom. The normalized spacial score (nSPS) is 13.1. The number of unbranched alkanes of at least 4 members (excludes halogenated alkanes) is 10. The SMILES string of the molecule is CCC=CCC=CCC=CCC=CCCCCC(=O)OCC(CO)OC(=O)CCCCCCCC=CCC=CCCCCC. The Bertz CT molecular complexity index is 833. The summed E-state index contributed by atoms with van der Waals surface area (Å²) in [6.07, 6.45) is 45.2. The third kappa shape index (κ3) is 32.3. The molecule has 0 aromatic rings. The summed E-state index contributed by atoms with van der Waals surface area (Å²) >= 11 is 0. The molecule has 0 radical (unpaired) electrons. The predicted molar refractivity (Wildman–Crippen MR) is 186 cm³/mol. The number of aliphatic hydroxyl groups is 1. The molecule has 0 saturated carbocycles. The van der Waals surface area contributed by atoms with Gasteiger partial charge in [0.25, 0.3) is 0 Å². The molecule has 0 rings (SSSR count). The summed E-state index contributed by atoms with van der Waals surface area (Å²) < 4.78 is 10.5. The van der Waals surface area contributed by atoms with Gasteiger partial charge in [0.05, 0.1) is 6.61 Å². The quantitative estimate of drug-likeness (QED) is 0.0496. The number of allylic oxidation sites excluding steroid dienone is 12. The van der Waals surface area contributed by atoms with E-state index in [0.717, 1.165) is 83.5 Å².